The summed E-state index contributed by atoms with van der Waals surface area (Å²) in [5.41, 5.74) is -0.350. The van der Waals surface area contributed by atoms with Crippen LogP contribution in [0.15, 0.2) is 0 Å². The van der Waals surface area contributed by atoms with E-state index in [1.165, 1.54) is 12.8 Å². The normalized spacial score (nSPS) is 21.5. The van der Waals surface area contributed by atoms with Gasteiger partial charge in [0.2, 0.25) is 0 Å². The largest absolute Gasteiger partial charge is 0.390 e. The lowest BCUT2D eigenvalue weighted by atomic mass is 9.95. The Bertz CT molecular complexity index is 149. The summed E-state index contributed by atoms with van der Waals surface area (Å²) in [4.78, 5) is 0. The third-order valence-corrected chi connectivity index (χ3v) is 2.50. The Hall–Kier alpha value is -0.480. The van der Waals surface area contributed by atoms with Crippen molar-refractivity contribution < 1.29 is 5.11 Å². The van der Waals surface area contributed by atoms with Gasteiger partial charge in [0, 0.05) is 6.42 Å². The average molecular weight is 152 g/mol. The molecule has 11 heavy (non-hydrogen) atoms. The van der Waals surface area contributed by atoms with Crippen LogP contribution in [0.2, 0.25) is 0 Å². The van der Waals surface area contributed by atoms with Crippen molar-refractivity contribution in [3.8, 4) is 12.3 Å². The fraction of sp³-hybridized carbons (Fsp3) is 0.800. The lowest BCUT2D eigenvalue weighted by molar-refractivity contribution is 0.0372. The predicted molar refractivity (Wildman–Crippen MR) is 46.1 cm³/mol. The lowest BCUT2D eigenvalue weighted by Crippen LogP contribution is -2.23. The lowest BCUT2D eigenvalue weighted by Gasteiger charge is -2.20. The highest BCUT2D eigenvalue weighted by molar-refractivity contribution is 4.88. The highest BCUT2D eigenvalue weighted by Gasteiger charge is 2.29. The van der Waals surface area contributed by atoms with Crippen molar-refractivity contribution in [3.63, 3.8) is 0 Å². The first kappa shape index (κ1) is 8.62. The Balaban J connectivity index is 2.19. The molecule has 0 spiro atoms. The summed E-state index contributed by atoms with van der Waals surface area (Å²) in [7, 11) is 0. The first-order valence-electron chi connectivity index (χ1n) is 4.43. The molecule has 0 aliphatic heterocycles. The van der Waals surface area contributed by atoms with E-state index in [0.29, 0.717) is 0 Å². The molecule has 0 heterocycles. The van der Waals surface area contributed by atoms with E-state index < -0.39 is 0 Å². The van der Waals surface area contributed by atoms with Crippen molar-refractivity contribution in [1.29, 1.82) is 0 Å². The third-order valence-electron chi connectivity index (χ3n) is 2.50. The van der Waals surface area contributed by atoms with Gasteiger partial charge < -0.3 is 5.11 Å². The van der Waals surface area contributed by atoms with Crippen molar-refractivity contribution >= 4 is 0 Å². The van der Waals surface area contributed by atoms with E-state index in [9.17, 15) is 5.11 Å². The molecule has 0 bridgehead atoms. The SMILES string of the molecule is C#CCCCC1(O)CCCC1. The minimum absolute atomic E-state index is 0.350. The predicted octanol–water partition coefficient (Wildman–Crippen LogP) is 2.09. The molecule has 0 saturated heterocycles. The zero-order valence-corrected chi connectivity index (χ0v) is 6.97. The van der Waals surface area contributed by atoms with E-state index in [1.54, 1.807) is 0 Å². The summed E-state index contributed by atoms with van der Waals surface area (Å²) < 4.78 is 0. The smallest absolute Gasteiger partial charge is 0.0648 e. The number of hydrogen-bond acceptors (Lipinski definition) is 1. The Morgan fingerprint density at radius 1 is 1.36 bits per heavy atom. The molecule has 62 valence electrons. The molecule has 1 rings (SSSR count). The average Bonchev–Trinajstić information content (AvgIpc) is 2.38. The van der Waals surface area contributed by atoms with E-state index >= 15 is 0 Å². The van der Waals surface area contributed by atoms with Crippen LogP contribution in [-0.4, -0.2) is 10.7 Å². The maximum Gasteiger partial charge on any atom is 0.0648 e. The second-order valence-corrected chi connectivity index (χ2v) is 3.49. The van der Waals surface area contributed by atoms with Crippen LogP contribution < -0.4 is 0 Å². The minimum Gasteiger partial charge on any atom is -0.390 e. The van der Waals surface area contributed by atoms with Crippen LogP contribution in [0.5, 0.6) is 0 Å². The van der Waals surface area contributed by atoms with Gasteiger partial charge in [0.05, 0.1) is 5.60 Å². The van der Waals surface area contributed by atoms with Crippen molar-refractivity contribution in [2.45, 2.75) is 50.5 Å². The Morgan fingerprint density at radius 2 is 2.00 bits per heavy atom. The maximum absolute atomic E-state index is 9.85. The van der Waals surface area contributed by atoms with Crippen LogP contribution in [0.4, 0.5) is 0 Å². The second kappa shape index (κ2) is 3.78. The van der Waals surface area contributed by atoms with E-state index in [1.807, 2.05) is 0 Å². The van der Waals surface area contributed by atoms with Crippen LogP contribution in [0.25, 0.3) is 0 Å². The number of unbranched alkanes of at least 4 members (excludes halogenated alkanes) is 1. The first-order valence-corrected chi connectivity index (χ1v) is 4.43. The fourth-order valence-electron chi connectivity index (χ4n) is 1.80. The van der Waals surface area contributed by atoms with Gasteiger partial charge in [0.25, 0.3) is 0 Å². The summed E-state index contributed by atoms with van der Waals surface area (Å²) >= 11 is 0. The second-order valence-electron chi connectivity index (χ2n) is 3.49. The van der Waals surface area contributed by atoms with Crippen LogP contribution >= 0.6 is 0 Å². The Kier molecular flexibility index (Phi) is 2.96. The molecule has 1 fully saturated rings. The van der Waals surface area contributed by atoms with Crippen LogP contribution in [-0.2, 0) is 0 Å². The minimum atomic E-state index is -0.350. The Labute approximate surface area is 68.8 Å². The maximum atomic E-state index is 9.85. The molecule has 1 heteroatoms. The molecule has 1 nitrogen and oxygen atoms in total. The van der Waals surface area contributed by atoms with Crippen molar-refractivity contribution in [3.05, 3.63) is 0 Å². The molecule has 0 amide bonds. The molecule has 0 unspecified atom stereocenters. The van der Waals surface area contributed by atoms with Crippen LogP contribution in [0, 0.1) is 12.3 Å². The molecule has 0 aromatic heterocycles. The summed E-state index contributed by atoms with van der Waals surface area (Å²) in [6, 6.07) is 0. The Morgan fingerprint density at radius 3 is 2.55 bits per heavy atom. The van der Waals surface area contributed by atoms with Gasteiger partial charge in [-0.3, -0.25) is 0 Å². The van der Waals surface area contributed by atoms with E-state index in [2.05, 4.69) is 5.92 Å². The monoisotopic (exact) mass is 152 g/mol. The number of aliphatic hydroxyl groups is 1. The summed E-state index contributed by atoms with van der Waals surface area (Å²) in [6.45, 7) is 0. The van der Waals surface area contributed by atoms with Gasteiger partial charge >= 0.3 is 0 Å². The quantitative estimate of drug-likeness (QED) is 0.485. The summed E-state index contributed by atoms with van der Waals surface area (Å²) in [6.07, 6.45) is 12.2. The topological polar surface area (TPSA) is 20.2 Å². The highest BCUT2D eigenvalue weighted by atomic mass is 16.3. The molecular formula is C10H16O. The molecule has 1 saturated carbocycles. The zero-order chi connectivity index (χ0) is 8.16. The van der Waals surface area contributed by atoms with Gasteiger partial charge in [-0.15, -0.1) is 12.3 Å². The van der Waals surface area contributed by atoms with Crippen molar-refractivity contribution in [1.82, 2.24) is 0 Å². The summed E-state index contributed by atoms with van der Waals surface area (Å²) in [5.74, 6) is 2.60. The standard InChI is InChI=1S/C10H16O/c1-2-3-4-7-10(11)8-5-6-9-10/h1,11H,3-9H2. The molecule has 1 aliphatic carbocycles. The molecule has 0 aromatic rings. The number of terminal acetylenes is 1. The highest BCUT2D eigenvalue weighted by Crippen LogP contribution is 2.33. The van der Waals surface area contributed by atoms with E-state index in [0.717, 1.165) is 32.1 Å². The molecule has 0 aromatic carbocycles. The van der Waals surface area contributed by atoms with Gasteiger partial charge in [0.15, 0.2) is 0 Å². The van der Waals surface area contributed by atoms with E-state index in [4.69, 9.17) is 6.42 Å². The molecular weight excluding hydrogens is 136 g/mol. The van der Waals surface area contributed by atoms with Crippen LogP contribution in [0.3, 0.4) is 0 Å². The zero-order valence-electron chi connectivity index (χ0n) is 6.97. The fourth-order valence-corrected chi connectivity index (χ4v) is 1.80. The molecule has 0 radical (unpaired) electrons. The van der Waals surface area contributed by atoms with Crippen molar-refractivity contribution in [2.24, 2.45) is 0 Å². The number of rotatable bonds is 3. The van der Waals surface area contributed by atoms with Crippen LogP contribution in [0.1, 0.15) is 44.9 Å². The molecule has 1 aliphatic rings. The van der Waals surface area contributed by atoms with Gasteiger partial charge in [-0.1, -0.05) is 12.8 Å². The van der Waals surface area contributed by atoms with Gasteiger partial charge in [-0.05, 0) is 25.7 Å². The van der Waals surface area contributed by atoms with Gasteiger partial charge in [-0.25, -0.2) is 0 Å². The molecule has 1 N–H and O–H groups in total. The third kappa shape index (κ3) is 2.55. The first-order chi connectivity index (χ1) is 5.27. The van der Waals surface area contributed by atoms with Gasteiger partial charge in [-0.2, -0.15) is 0 Å². The number of hydrogen-bond donors (Lipinski definition) is 1. The molecule has 0 atom stereocenters. The van der Waals surface area contributed by atoms with E-state index in [-0.39, 0.29) is 5.60 Å². The van der Waals surface area contributed by atoms with Crippen molar-refractivity contribution in [2.75, 3.05) is 0 Å². The van der Waals surface area contributed by atoms with Gasteiger partial charge in [0.1, 0.15) is 0 Å². The summed E-state index contributed by atoms with van der Waals surface area (Å²) in [5, 5.41) is 9.85.